The zero-order valence-electron chi connectivity index (χ0n) is 5.31. The minimum Gasteiger partial charge on any atom is -0.366 e. The van der Waals surface area contributed by atoms with E-state index in [2.05, 4.69) is 31.3 Å². The Kier molecular flexibility index (Phi) is 1.38. The van der Waals surface area contributed by atoms with E-state index in [9.17, 15) is 0 Å². The average molecular weight is 109 g/mol. The van der Waals surface area contributed by atoms with Crippen molar-refractivity contribution in [3.8, 4) is 0 Å². The quantitative estimate of drug-likeness (QED) is 0.498. The molecule has 0 radical (unpaired) electrons. The van der Waals surface area contributed by atoms with Crippen LogP contribution >= 0.6 is 0 Å². The smallest absolute Gasteiger partial charge is 0.00800 e. The molecule has 0 saturated heterocycles. The molecule has 1 rings (SSSR count). The van der Waals surface area contributed by atoms with Gasteiger partial charge < -0.3 is 5.32 Å². The maximum Gasteiger partial charge on any atom is 0.00800 e. The molecule has 1 heteroatoms. The van der Waals surface area contributed by atoms with Crippen molar-refractivity contribution in [3.05, 3.63) is 24.0 Å². The molecule has 0 amide bonds. The SMILES string of the molecule is CC1=CC(C)C=CN1. The lowest BCUT2D eigenvalue weighted by Gasteiger charge is -2.09. The van der Waals surface area contributed by atoms with Gasteiger partial charge in [-0.2, -0.15) is 0 Å². The molecule has 44 valence electrons. The van der Waals surface area contributed by atoms with Gasteiger partial charge >= 0.3 is 0 Å². The summed E-state index contributed by atoms with van der Waals surface area (Å²) in [6.07, 6.45) is 6.31. The highest BCUT2D eigenvalue weighted by Gasteiger charge is 1.95. The average Bonchev–Trinajstić information content (AvgIpc) is 1.64. The molecule has 0 aromatic heterocycles. The molecule has 1 N–H and O–H groups in total. The van der Waals surface area contributed by atoms with Crippen LogP contribution in [0.3, 0.4) is 0 Å². The maximum absolute atomic E-state index is 3.09. The number of allylic oxidation sites excluding steroid dienone is 3. The first kappa shape index (κ1) is 5.42. The van der Waals surface area contributed by atoms with E-state index in [0.717, 1.165) is 0 Å². The molecule has 1 aliphatic heterocycles. The van der Waals surface area contributed by atoms with Crippen molar-refractivity contribution in [2.45, 2.75) is 13.8 Å². The van der Waals surface area contributed by atoms with Crippen molar-refractivity contribution in [1.82, 2.24) is 5.32 Å². The summed E-state index contributed by atoms with van der Waals surface area (Å²) in [5.41, 5.74) is 1.25. The van der Waals surface area contributed by atoms with Crippen molar-refractivity contribution < 1.29 is 0 Å². The first-order valence-corrected chi connectivity index (χ1v) is 2.90. The topological polar surface area (TPSA) is 12.0 Å². The molecule has 1 heterocycles. The molecule has 0 saturated carbocycles. The molecule has 0 aliphatic carbocycles. The minimum absolute atomic E-state index is 0.608. The van der Waals surface area contributed by atoms with Crippen LogP contribution in [0.1, 0.15) is 13.8 Å². The van der Waals surface area contributed by atoms with Crippen molar-refractivity contribution in [1.29, 1.82) is 0 Å². The lowest BCUT2D eigenvalue weighted by Crippen LogP contribution is -2.07. The molecule has 1 atom stereocenters. The number of nitrogens with one attached hydrogen (secondary N) is 1. The van der Waals surface area contributed by atoms with Crippen LogP contribution in [0, 0.1) is 5.92 Å². The number of hydrogen-bond acceptors (Lipinski definition) is 1. The molecule has 8 heavy (non-hydrogen) atoms. The molecule has 1 nitrogen and oxygen atoms in total. The van der Waals surface area contributed by atoms with Crippen molar-refractivity contribution in [2.75, 3.05) is 0 Å². The third kappa shape index (κ3) is 1.12. The zero-order valence-corrected chi connectivity index (χ0v) is 5.31. The second kappa shape index (κ2) is 2.03. The predicted molar refractivity (Wildman–Crippen MR) is 35.2 cm³/mol. The highest BCUT2D eigenvalue weighted by Crippen LogP contribution is 2.05. The maximum atomic E-state index is 3.09. The fraction of sp³-hybridized carbons (Fsp3) is 0.429. The summed E-state index contributed by atoms with van der Waals surface area (Å²) in [6, 6.07) is 0. The van der Waals surface area contributed by atoms with Crippen LogP contribution < -0.4 is 5.32 Å². The van der Waals surface area contributed by atoms with E-state index >= 15 is 0 Å². The predicted octanol–water partition coefficient (Wildman–Crippen LogP) is 1.64. The van der Waals surface area contributed by atoms with Gasteiger partial charge in [0.15, 0.2) is 0 Å². The number of rotatable bonds is 0. The van der Waals surface area contributed by atoms with Crippen LogP contribution in [-0.2, 0) is 0 Å². The summed E-state index contributed by atoms with van der Waals surface area (Å²) in [7, 11) is 0. The zero-order chi connectivity index (χ0) is 5.98. The third-order valence-corrected chi connectivity index (χ3v) is 1.22. The van der Waals surface area contributed by atoms with Gasteiger partial charge in [0, 0.05) is 5.70 Å². The summed E-state index contributed by atoms with van der Waals surface area (Å²) < 4.78 is 0. The second-order valence-electron chi connectivity index (χ2n) is 2.21. The minimum atomic E-state index is 0.608. The van der Waals surface area contributed by atoms with E-state index in [0.29, 0.717) is 5.92 Å². The van der Waals surface area contributed by atoms with Crippen molar-refractivity contribution >= 4 is 0 Å². The largest absolute Gasteiger partial charge is 0.366 e. The van der Waals surface area contributed by atoms with Gasteiger partial charge in [-0.05, 0) is 19.0 Å². The molecular formula is C7H11N. The molecule has 0 fully saturated rings. The van der Waals surface area contributed by atoms with Crippen LogP contribution in [0.2, 0.25) is 0 Å². The lowest BCUT2D eigenvalue weighted by atomic mass is 10.1. The van der Waals surface area contributed by atoms with Crippen molar-refractivity contribution in [2.24, 2.45) is 5.92 Å². The molecule has 0 bridgehead atoms. The van der Waals surface area contributed by atoms with Crippen molar-refractivity contribution in [3.63, 3.8) is 0 Å². The van der Waals surface area contributed by atoms with Gasteiger partial charge in [0.1, 0.15) is 0 Å². The van der Waals surface area contributed by atoms with Gasteiger partial charge in [-0.1, -0.05) is 19.1 Å². The number of dihydropyridines is 1. The fourth-order valence-corrected chi connectivity index (χ4v) is 0.829. The number of hydrogen-bond donors (Lipinski definition) is 1. The van der Waals surface area contributed by atoms with Gasteiger partial charge in [0.2, 0.25) is 0 Å². The summed E-state index contributed by atoms with van der Waals surface area (Å²) >= 11 is 0. The Hall–Kier alpha value is -0.720. The molecular weight excluding hydrogens is 98.1 g/mol. The lowest BCUT2D eigenvalue weighted by molar-refractivity contribution is 0.851. The highest BCUT2D eigenvalue weighted by atomic mass is 14.8. The summed E-state index contributed by atoms with van der Waals surface area (Å²) in [5, 5.41) is 3.09. The Morgan fingerprint density at radius 2 is 2.38 bits per heavy atom. The van der Waals surface area contributed by atoms with E-state index in [1.54, 1.807) is 0 Å². The molecule has 1 unspecified atom stereocenters. The molecule has 1 aliphatic rings. The summed E-state index contributed by atoms with van der Waals surface area (Å²) in [4.78, 5) is 0. The first-order chi connectivity index (χ1) is 3.79. The van der Waals surface area contributed by atoms with Gasteiger partial charge in [0.25, 0.3) is 0 Å². The van der Waals surface area contributed by atoms with Crippen LogP contribution in [0.4, 0.5) is 0 Å². The normalized spacial score (nSPS) is 26.8. The van der Waals surface area contributed by atoms with Crippen LogP contribution in [0.15, 0.2) is 24.0 Å². The standard InChI is InChI=1S/C7H11N/c1-6-3-4-8-7(2)5-6/h3-6,8H,1-2H3. The Balaban J connectivity index is 2.60. The summed E-state index contributed by atoms with van der Waals surface area (Å²) in [6.45, 7) is 4.24. The van der Waals surface area contributed by atoms with E-state index in [1.807, 2.05) is 6.20 Å². The monoisotopic (exact) mass is 109 g/mol. The van der Waals surface area contributed by atoms with Gasteiger partial charge in [-0.25, -0.2) is 0 Å². The van der Waals surface area contributed by atoms with Gasteiger partial charge in [-0.15, -0.1) is 0 Å². The summed E-state index contributed by atoms with van der Waals surface area (Å²) in [5.74, 6) is 0.608. The molecule has 0 aromatic carbocycles. The Morgan fingerprint density at radius 1 is 1.62 bits per heavy atom. The Labute approximate surface area is 50.1 Å². The Bertz CT molecular complexity index is 133. The van der Waals surface area contributed by atoms with Gasteiger partial charge in [-0.3, -0.25) is 0 Å². The third-order valence-electron chi connectivity index (χ3n) is 1.22. The van der Waals surface area contributed by atoms with Crippen LogP contribution in [0.25, 0.3) is 0 Å². The molecule has 0 spiro atoms. The highest BCUT2D eigenvalue weighted by molar-refractivity contribution is 5.11. The van der Waals surface area contributed by atoms with E-state index in [-0.39, 0.29) is 0 Å². The molecule has 0 aromatic rings. The Morgan fingerprint density at radius 3 is 2.75 bits per heavy atom. The van der Waals surface area contributed by atoms with E-state index in [1.165, 1.54) is 5.70 Å². The van der Waals surface area contributed by atoms with Crippen LogP contribution in [0.5, 0.6) is 0 Å². The first-order valence-electron chi connectivity index (χ1n) is 2.90. The fourth-order valence-electron chi connectivity index (χ4n) is 0.829. The van der Waals surface area contributed by atoms with E-state index < -0.39 is 0 Å². The van der Waals surface area contributed by atoms with E-state index in [4.69, 9.17) is 0 Å². The second-order valence-corrected chi connectivity index (χ2v) is 2.21. The van der Waals surface area contributed by atoms with Gasteiger partial charge in [0.05, 0.1) is 0 Å². The van der Waals surface area contributed by atoms with Crippen LogP contribution in [-0.4, -0.2) is 0 Å².